The van der Waals surface area contributed by atoms with E-state index in [9.17, 15) is 13.2 Å². The summed E-state index contributed by atoms with van der Waals surface area (Å²) >= 11 is 0. The zero-order valence-electron chi connectivity index (χ0n) is 11.6. The number of benzene rings is 1. The molecule has 0 saturated carbocycles. The molecule has 0 radical (unpaired) electrons. The molecule has 7 heteroatoms. The fraction of sp³-hybridized carbons (Fsp3) is 0.429. The lowest BCUT2D eigenvalue weighted by molar-refractivity contribution is -0.137. The third kappa shape index (κ3) is 4.29. The van der Waals surface area contributed by atoms with Crippen molar-refractivity contribution in [2.45, 2.75) is 32.0 Å². The van der Waals surface area contributed by atoms with Gasteiger partial charge in [0.25, 0.3) is 0 Å². The lowest BCUT2D eigenvalue weighted by Crippen LogP contribution is -2.25. The number of hydrogen-bond donors (Lipinski definition) is 2. The summed E-state index contributed by atoms with van der Waals surface area (Å²) in [5.74, 6) is 0.626. The Morgan fingerprint density at radius 2 is 2.14 bits per heavy atom. The van der Waals surface area contributed by atoms with Crippen LogP contribution in [0.2, 0.25) is 0 Å². The van der Waals surface area contributed by atoms with Gasteiger partial charge in [-0.15, -0.1) is 0 Å². The molecule has 0 saturated heterocycles. The number of rotatable bonds is 6. The highest BCUT2D eigenvalue weighted by Gasteiger charge is 2.30. The van der Waals surface area contributed by atoms with Gasteiger partial charge in [-0.3, -0.25) is 5.10 Å². The van der Waals surface area contributed by atoms with Crippen LogP contribution < -0.4 is 5.32 Å². The minimum absolute atomic E-state index is 0.184. The van der Waals surface area contributed by atoms with Crippen LogP contribution in [0.3, 0.4) is 0 Å². The first kappa shape index (κ1) is 15.5. The Labute approximate surface area is 120 Å². The van der Waals surface area contributed by atoms with E-state index in [2.05, 4.69) is 20.5 Å². The van der Waals surface area contributed by atoms with E-state index in [1.54, 1.807) is 6.07 Å². The van der Waals surface area contributed by atoms with Gasteiger partial charge in [-0.25, -0.2) is 4.98 Å². The van der Waals surface area contributed by atoms with Crippen molar-refractivity contribution in [3.05, 3.63) is 47.5 Å². The number of nitrogens with one attached hydrogen (secondary N) is 2. The molecule has 1 unspecified atom stereocenters. The number of aromatic amines is 1. The van der Waals surface area contributed by atoms with Gasteiger partial charge in [0.1, 0.15) is 12.2 Å². The molecule has 0 aliphatic heterocycles. The Morgan fingerprint density at radius 3 is 2.76 bits per heavy atom. The van der Waals surface area contributed by atoms with Crippen molar-refractivity contribution < 1.29 is 13.2 Å². The molecule has 1 atom stereocenters. The number of halogens is 3. The van der Waals surface area contributed by atoms with E-state index in [0.29, 0.717) is 17.8 Å². The summed E-state index contributed by atoms with van der Waals surface area (Å²) in [7, 11) is 0. The molecule has 2 aromatic rings. The Kier molecular flexibility index (Phi) is 4.95. The number of nitrogens with zero attached hydrogens (tertiary/aromatic N) is 2. The minimum atomic E-state index is -4.32. The van der Waals surface area contributed by atoms with Crippen LogP contribution in [-0.4, -0.2) is 21.7 Å². The third-order valence-corrected chi connectivity index (χ3v) is 3.10. The largest absolute Gasteiger partial charge is 0.416 e. The number of alkyl halides is 3. The summed E-state index contributed by atoms with van der Waals surface area (Å²) in [6.07, 6.45) is -1.59. The number of hydrogen-bond acceptors (Lipinski definition) is 3. The predicted octanol–water partition coefficient (Wildman–Crippen LogP) is 3.11. The molecule has 2 rings (SSSR count). The quantitative estimate of drug-likeness (QED) is 0.861. The maximum atomic E-state index is 12.7. The van der Waals surface area contributed by atoms with Crippen LogP contribution in [0.4, 0.5) is 13.2 Å². The molecule has 1 aromatic heterocycles. The van der Waals surface area contributed by atoms with Crippen molar-refractivity contribution in [1.82, 2.24) is 20.5 Å². The van der Waals surface area contributed by atoms with E-state index in [-0.39, 0.29) is 6.04 Å². The van der Waals surface area contributed by atoms with Crippen LogP contribution in [-0.2, 0) is 12.6 Å². The van der Waals surface area contributed by atoms with Crippen molar-refractivity contribution >= 4 is 0 Å². The Bertz CT molecular complexity index is 552. The van der Waals surface area contributed by atoms with E-state index in [4.69, 9.17) is 0 Å². The molecule has 0 aliphatic rings. The zero-order chi connectivity index (χ0) is 15.3. The summed E-state index contributed by atoms with van der Waals surface area (Å²) in [4.78, 5) is 4.09. The Morgan fingerprint density at radius 1 is 1.33 bits per heavy atom. The highest BCUT2D eigenvalue weighted by molar-refractivity contribution is 5.26. The first-order valence-electron chi connectivity index (χ1n) is 6.75. The van der Waals surface area contributed by atoms with Gasteiger partial charge >= 0.3 is 6.18 Å². The average Bonchev–Trinajstić information content (AvgIpc) is 2.97. The third-order valence-electron chi connectivity index (χ3n) is 3.10. The molecular weight excluding hydrogens is 281 g/mol. The monoisotopic (exact) mass is 298 g/mol. The summed E-state index contributed by atoms with van der Waals surface area (Å²) in [5, 5.41) is 9.82. The molecule has 114 valence electrons. The smallest absolute Gasteiger partial charge is 0.307 e. The van der Waals surface area contributed by atoms with Gasteiger partial charge in [-0.2, -0.15) is 18.3 Å². The van der Waals surface area contributed by atoms with Crippen molar-refractivity contribution in [3.8, 4) is 0 Å². The highest BCUT2D eigenvalue weighted by atomic mass is 19.4. The molecule has 21 heavy (non-hydrogen) atoms. The van der Waals surface area contributed by atoms with Crippen LogP contribution in [0.5, 0.6) is 0 Å². The molecule has 0 spiro atoms. The standard InChI is InChI=1S/C14H17F3N4/c1-2-6-18-12(13-19-9-20-21-13)8-10-4-3-5-11(7-10)14(15,16)17/h3-5,7,9,12,18H,2,6,8H2,1H3,(H,19,20,21). The van der Waals surface area contributed by atoms with Crippen LogP contribution in [0, 0.1) is 0 Å². The van der Waals surface area contributed by atoms with E-state index in [1.165, 1.54) is 18.5 Å². The lowest BCUT2D eigenvalue weighted by Gasteiger charge is -2.17. The highest BCUT2D eigenvalue weighted by Crippen LogP contribution is 2.30. The topological polar surface area (TPSA) is 53.6 Å². The Balaban J connectivity index is 2.17. The SMILES string of the molecule is CCCNC(Cc1cccc(C(F)(F)F)c1)c1ncn[nH]1. The van der Waals surface area contributed by atoms with Crippen molar-refractivity contribution in [3.63, 3.8) is 0 Å². The van der Waals surface area contributed by atoms with Crippen LogP contribution in [0.25, 0.3) is 0 Å². The molecule has 0 amide bonds. The normalized spacial score (nSPS) is 13.3. The summed E-state index contributed by atoms with van der Waals surface area (Å²) in [6, 6.07) is 5.18. The fourth-order valence-corrected chi connectivity index (χ4v) is 2.08. The number of aromatic nitrogens is 3. The first-order valence-corrected chi connectivity index (χ1v) is 6.75. The van der Waals surface area contributed by atoms with Gasteiger partial charge in [0.15, 0.2) is 0 Å². The van der Waals surface area contributed by atoms with Gasteiger partial charge in [-0.05, 0) is 31.0 Å². The summed E-state index contributed by atoms with van der Waals surface area (Å²) in [6.45, 7) is 2.78. The molecular formula is C14H17F3N4. The minimum Gasteiger partial charge on any atom is -0.307 e. The van der Waals surface area contributed by atoms with E-state index < -0.39 is 11.7 Å². The second-order valence-corrected chi connectivity index (χ2v) is 4.78. The van der Waals surface area contributed by atoms with Gasteiger partial charge in [0, 0.05) is 0 Å². The summed E-state index contributed by atoms with van der Waals surface area (Å²) < 4.78 is 38.2. The first-order chi connectivity index (χ1) is 10.0. The lowest BCUT2D eigenvalue weighted by atomic mass is 10.0. The van der Waals surface area contributed by atoms with E-state index >= 15 is 0 Å². The molecule has 4 nitrogen and oxygen atoms in total. The predicted molar refractivity (Wildman–Crippen MR) is 72.6 cm³/mol. The average molecular weight is 298 g/mol. The maximum absolute atomic E-state index is 12.7. The molecule has 0 bridgehead atoms. The Hall–Kier alpha value is -1.89. The second-order valence-electron chi connectivity index (χ2n) is 4.78. The van der Waals surface area contributed by atoms with Crippen LogP contribution >= 0.6 is 0 Å². The molecule has 0 aliphatic carbocycles. The van der Waals surface area contributed by atoms with Gasteiger partial charge in [0.05, 0.1) is 11.6 Å². The van der Waals surface area contributed by atoms with Crippen LogP contribution in [0.1, 0.15) is 36.3 Å². The van der Waals surface area contributed by atoms with E-state index in [0.717, 1.165) is 19.0 Å². The molecule has 1 aromatic carbocycles. The van der Waals surface area contributed by atoms with Gasteiger partial charge in [-0.1, -0.05) is 25.1 Å². The fourth-order valence-electron chi connectivity index (χ4n) is 2.08. The zero-order valence-corrected chi connectivity index (χ0v) is 11.6. The van der Waals surface area contributed by atoms with E-state index in [1.807, 2.05) is 6.92 Å². The van der Waals surface area contributed by atoms with Crippen LogP contribution in [0.15, 0.2) is 30.6 Å². The second kappa shape index (κ2) is 6.71. The van der Waals surface area contributed by atoms with Gasteiger partial charge < -0.3 is 5.32 Å². The molecule has 1 heterocycles. The van der Waals surface area contributed by atoms with Crippen molar-refractivity contribution in [2.75, 3.05) is 6.54 Å². The van der Waals surface area contributed by atoms with Crippen molar-refractivity contribution in [1.29, 1.82) is 0 Å². The van der Waals surface area contributed by atoms with Crippen molar-refractivity contribution in [2.24, 2.45) is 0 Å². The molecule has 2 N–H and O–H groups in total. The van der Waals surface area contributed by atoms with Gasteiger partial charge in [0.2, 0.25) is 0 Å². The molecule has 0 fully saturated rings. The summed E-state index contributed by atoms with van der Waals surface area (Å²) in [5.41, 5.74) is -0.0263. The maximum Gasteiger partial charge on any atom is 0.416 e. The number of H-pyrrole nitrogens is 1.